The van der Waals surface area contributed by atoms with E-state index in [9.17, 15) is 19.7 Å². The molecule has 8 heteroatoms. The zero-order chi connectivity index (χ0) is 22.4. The SMILES string of the molecule is CN(C)c1ccc([N+](=O)[O-])cc1C(=O)OCC(=O)N1CCC(Cc2ccccc2)CC1. The molecule has 1 saturated heterocycles. The first-order chi connectivity index (χ1) is 14.8. The number of carbonyl (C=O) groups is 2. The molecule has 164 valence electrons. The summed E-state index contributed by atoms with van der Waals surface area (Å²) in [7, 11) is 3.45. The molecular weight excluding hydrogens is 398 g/mol. The van der Waals surface area contributed by atoms with Gasteiger partial charge in [-0.25, -0.2) is 4.79 Å². The van der Waals surface area contributed by atoms with Gasteiger partial charge in [0.2, 0.25) is 0 Å². The average Bonchev–Trinajstić information content (AvgIpc) is 2.78. The molecule has 0 N–H and O–H groups in total. The standard InChI is InChI=1S/C23H27N3O5/c1-24(2)21-9-8-19(26(29)30)15-20(21)23(28)31-16-22(27)25-12-10-18(11-13-25)14-17-6-4-3-5-7-17/h3-9,15,18H,10-14,16H2,1-2H3. The van der Waals surface area contributed by atoms with Crippen LogP contribution in [0.15, 0.2) is 48.5 Å². The third-order valence-electron chi connectivity index (χ3n) is 5.55. The Labute approximate surface area is 181 Å². The molecule has 2 aromatic carbocycles. The number of nitrogens with zero attached hydrogens (tertiary/aromatic N) is 3. The maximum Gasteiger partial charge on any atom is 0.341 e. The number of nitro benzene ring substituents is 1. The van der Waals surface area contributed by atoms with Crippen LogP contribution in [-0.4, -0.2) is 55.5 Å². The second-order valence-electron chi connectivity index (χ2n) is 7.94. The van der Waals surface area contributed by atoms with Crippen molar-refractivity contribution in [1.29, 1.82) is 0 Å². The van der Waals surface area contributed by atoms with E-state index >= 15 is 0 Å². The molecule has 8 nitrogen and oxygen atoms in total. The number of anilines is 1. The summed E-state index contributed by atoms with van der Waals surface area (Å²) in [6.07, 6.45) is 2.81. The van der Waals surface area contributed by atoms with Gasteiger partial charge in [0, 0.05) is 39.3 Å². The minimum Gasteiger partial charge on any atom is -0.452 e. The summed E-state index contributed by atoms with van der Waals surface area (Å²) in [4.78, 5) is 38.9. The molecule has 0 saturated carbocycles. The van der Waals surface area contributed by atoms with Crippen molar-refractivity contribution in [2.45, 2.75) is 19.3 Å². The quantitative estimate of drug-likeness (QED) is 0.384. The van der Waals surface area contributed by atoms with E-state index in [1.54, 1.807) is 23.9 Å². The fourth-order valence-electron chi connectivity index (χ4n) is 3.82. The number of benzene rings is 2. The lowest BCUT2D eigenvalue weighted by Gasteiger charge is -2.32. The third kappa shape index (κ3) is 5.81. The highest BCUT2D eigenvalue weighted by Gasteiger charge is 2.25. The van der Waals surface area contributed by atoms with Gasteiger partial charge in [0.1, 0.15) is 0 Å². The molecule has 3 rings (SSSR count). The summed E-state index contributed by atoms with van der Waals surface area (Å²) < 4.78 is 5.21. The zero-order valence-electron chi connectivity index (χ0n) is 17.8. The highest BCUT2D eigenvalue weighted by Crippen LogP contribution is 2.25. The maximum atomic E-state index is 12.5. The summed E-state index contributed by atoms with van der Waals surface area (Å²) >= 11 is 0. The van der Waals surface area contributed by atoms with Gasteiger partial charge in [0.15, 0.2) is 6.61 Å². The van der Waals surface area contributed by atoms with Gasteiger partial charge in [-0.05, 0) is 36.8 Å². The van der Waals surface area contributed by atoms with Crippen molar-refractivity contribution in [1.82, 2.24) is 4.90 Å². The molecule has 0 aromatic heterocycles. The number of esters is 1. The van der Waals surface area contributed by atoms with Gasteiger partial charge >= 0.3 is 5.97 Å². The van der Waals surface area contributed by atoms with Gasteiger partial charge in [-0.1, -0.05) is 30.3 Å². The van der Waals surface area contributed by atoms with Crippen LogP contribution in [0.25, 0.3) is 0 Å². The van der Waals surface area contributed by atoms with Gasteiger partial charge in [0.25, 0.3) is 11.6 Å². The maximum absolute atomic E-state index is 12.5. The van der Waals surface area contributed by atoms with E-state index in [0.717, 1.165) is 19.3 Å². The Hall–Kier alpha value is -3.42. The van der Waals surface area contributed by atoms with Crippen molar-refractivity contribution in [3.63, 3.8) is 0 Å². The monoisotopic (exact) mass is 425 g/mol. The molecule has 1 aliphatic rings. The summed E-state index contributed by atoms with van der Waals surface area (Å²) in [5.74, 6) is -0.468. The highest BCUT2D eigenvalue weighted by molar-refractivity contribution is 5.97. The summed E-state index contributed by atoms with van der Waals surface area (Å²) in [5, 5.41) is 11.1. The number of hydrogen-bond donors (Lipinski definition) is 0. The van der Waals surface area contributed by atoms with Gasteiger partial charge < -0.3 is 14.5 Å². The van der Waals surface area contributed by atoms with Crippen LogP contribution in [0.2, 0.25) is 0 Å². The molecule has 31 heavy (non-hydrogen) atoms. The number of nitro groups is 1. The molecular formula is C23H27N3O5. The minimum atomic E-state index is -0.750. The second kappa shape index (κ2) is 10.1. The van der Waals surface area contributed by atoms with Crippen molar-refractivity contribution >= 4 is 23.3 Å². The van der Waals surface area contributed by atoms with E-state index in [1.807, 2.05) is 18.2 Å². The summed E-state index contributed by atoms with van der Waals surface area (Å²) in [5.41, 5.74) is 1.65. The molecule has 0 spiro atoms. The predicted molar refractivity (Wildman–Crippen MR) is 117 cm³/mol. The molecule has 0 unspecified atom stereocenters. The first-order valence-corrected chi connectivity index (χ1v) is 10.3. The van der Waals surface area contributed by atoms with Crippen LogP contribution in [0.3, 0.4) is 0 Å². The Morgan fingerprint density at radius 3 is 2.42 bits per heavy atom. The van der Waals surface area contributed by atoms with Crippen LogP contribution in [0.1, 0.15) is 28.8 Å². The van der Waals surface area contributed by atoms with Crippen LogP contribution in [0.5, 0.6) is 0 Å². The van der Waals surface area contributed by atoms with Gasteiger partial charge in [-0.2, -0.15) is 0 Å². The Balaban J connectivity index is 1.53. The van der Waals surface area contributed by atoms with E-state index in [1.165, 1.54) is 23.8 Å². The number of hydrogen-bond acceptors (Lipinski definition) is 6. The lowest BCUT2D eigenvalue weighted by atomic mass is 9.90. The first-order valence-electron chi connectivity index (χ1n) is 10.3. The van der Waals surface area contributed by atoms with Crippen LogP contribution in [-0.2, 0) is 16.0 Å². The minimum absolute atomic E-state index is 0.0635. The van der Waals surface area contributed by atoms with E-state index in [-0.39, 0.29) is 23.8 Å². The van der Waals surface area contributed by atoms with Crippen molar-refractivity contribution < 1.29 is 19.2 Å². The molecule has 0 radical (unpaired) electrons. The Kier molecular flexibility index (Phi) is 7.23. The smallest absolute Gasteiger partial charge is 0.341 e. The molecule has 1 aliphatic heterocycles. The van der Waals surface area contributed by atoms with E-state index in [4.69, 9.17) is 4.74 Å². The zero-order valence-corrected chi connectivity index (χ0v) is 17.8. The number of amides is 1. The van der Waals surface area contributed by atoms with Crippen molar-refractivity contribution in [3.05, 3.63) is 69.8 Å². The van der Waals surface area contributed by atoms with E-state index < -0.39 is 10.9 Å². The predicted octanol–water partition coefficient (Wildman–Crippen LogP) is 3.30. The van der Waals surface area contributed by atoms with Crippen LogP contribution >= 0.6 is 0 Å². The fourth-order valence-corrected chi connectivity index (χ4v) is 3.82. The highest BCUT2D eigenvalue weighted by atomic mass is 16.6. The Bertz CT molecular complexity index is 937. The third-order valence-corrected chi connectivity index (χ3v) is 5.55. The topological polar surface area (TPSA) is 93.0 Å². The molecule has 1 amide bonds. The van der Waals surface area contributed by atoms with Crippen LogP contribution in [0.4, 0.5) is 11.4 Å². The lowest BCUT2D eigenvalue weighted by Crippen LogP contribution is -2.41. The van der Waals surface area contributed by atoms with Crippen LogP contribution in [0, 0.1) is 16.0 Å². The molecule has 0 bridgehead atoms. The van der Waals surface area contributed by atoms with Crippen molar-refractivity contribution in [3.8, 4) is 0 Å². The molecule has 1 heterocycles. The number of non-ortho nitro benzene ring substituents is 1. The second-order valence-corrected chi connectivity index (χ2v) is 7.94. The van der Waals surface area contributed by atoms with Crippen molar-refractivity contribution in [2.24, 2.45) is 5.92 Å². The molecule has 0 atom stereocenters. The fraction of sp³-hybridized carbons (Fsp3) is 0.391. The van der Waals surface area contributed by atoms with Gasteiger partial charge in [-0.3, -0.25) is 14.9 Å². The Morgan fingerprint density at radius 2 is 1.81 bits per heavy atom. The van der Waals surface area contributed by atoms with Gasteiger partial charge in [-0.15, -0.1) is 0 Å². The van der Waals surface area contributed by atoms with Crippen molar-refractivity contribution in [2.75, 3.05) is 38.7 Å². The molecule has 2 aromatic rings. The number of ether oxygens (including phenoxy) is 1. The summed E-state index contributed by atoms with van der Waals surface area (Å²) in [6, 6.07) is 14.3. The molecule has 0 aliphatic carbocycles. The normalized spacial score (nSPS) is 14.2. The van der Waals surface area contributed by atoms with Crippen LogP contribution < -0.4 is 4.90 Å². The Morgan fingerprint density at radius 1 is 1.13 bits per heavy atom. The number of likely N-dealkylation sites (tertiary alicyclic amines) is 1. The van der Waals surface area contributed by atoms with Gasteiger partial charge in [0.05, 0.1) is 16.2 Å². The summed E-state index contributed by atoms with van der Waals surface area (Å²) in [6.45, 7) is 0.888. The average molecular weight is 425 g/mol. The van der Waals surface area contributed by atoms with E-state index in [2.05, 4.69) is 12.1 Å². The number of piperidine rings is 1. The number of rotatable bonds is 7. The first kappa shape index (κ1) is 22.3. The molecule has 1 fully saturated rings. The largest absolute Gasteiger partial charge is 0.452 e. The lowest BCUT2D eigenvalue weighted by molar-refractivity contribution is -0.384. The van der Waals surface area contributed by atoms with E-state index in [0.29, 0.717) is 24.7 Å². The number of carbonyl (C=O) groups excluding carboxylic acids is 2.